The van der Waals surface area contributed by atoms with E-state index in [1.54, 1.807) is 33.1 Å². The van der Waals surface area contributed by atoms with Gasteiger partial charge in [-0.2, -0.15) is 4.31 Å². The van der Waals surface area contributed by atoms with Crippen molar-refractivity contribution in [2.45, 2.75) is 76.1 Å². The number of likely N-dealkylation sites (tertiary alicyclic amines) is 1. The number of nitrogens with one attached hydrogen (secondary N) is 1. The average Bonchev–Trinajstić information content (AvgIpc) is 3.55. The molecule has 0 radical (unpaired) electrons. The molecule has 1 aliphatic heterocycles. The van der Waals surface area contributed by atoms with Crippen molar-refractivity contribution in [1.82, 2.24) is 19.5 Å². The maximum atomic E-state index is 13.7. The number of rotatable bonds is 12. The second-order valence-corrected chi connectivity index (χ2v) is 13.6. The lowest BCUT2D eigenvalue weighted by Crippen LogP contribution is -2.34. The first-order chi connectivity index (χ1) is 19.9. The lowest BCUT2D eigenvalue weighted by Gasteiger charge is -2.23. The molecule has 2 N–H and O–H groups in total. The third-order valence-corrected chi connectivity index (χ3v) is 10.1. The van der Waals surface area contributed by atoms with Gasteiger partial charge in [0, 0.05) is 32.2 Å². The van der Waals surface area contributed by atoms with Crippen LogP contribution >= 0.6 is 0 Å². The van der Waals surface area contributed by atoms with Crippen molar-refractivity contribution in [2.24, 2.45) is 0 Å². The number of benzene rings is 2. The SMILES string of the molecule is COc1cc(C)c(S(=O)(=O)N(Cc2nc(C(=O)NCCc3ccc(CN4CCC(C)(O)C4)cc3)co2)C2CC2)c(C)c1. The fourth-order valence-electron chi connectivity index (χ4n) is 5.60. The van der Waals surface area contributed by atoms with E-state index in [1.165, 1.54) is 16.1 Å². The summed E-state index contributed by atoms with van der Waals surface area (Å²) in [5.74, 6) is 0.413. The van der Waals surface area contributed by atoms with Crippen molar-refractivity contribution in [2.75, 3.05) is 26.7 Å². The molecule has 2 aromatic carbocycles. The number of aliphatic hydroxyl groups is 1. The molecule has 2 heterocycles. The molecule has 1 unspecified atom stereocenters. The number of amides is 1. The van der Waals surface area contributed by atoms with E-state index in [0.29, 0.717) is 36.4 Å². The molecule has 1 amide bonds. The third kappa shape index (κ3) is 7.03. The highest BCUT2D eigenvalue weighted by Crippen LogP contribution is 2.36. The third-order valence-electron chi connectivity index (χ3n) is 7.93. The van der Waals surface area contributed by atoms with Crippen LogP contribution in [0.2, 0.25) is 0 Å². The Morgan fingerprint density at radius 3 is 2.45 bits per heavy atom. The molecule has 1 aromatic heterocycles. The maximum Gasteiger partial charge on any atom is 0.273 e. The van der Waals surface area contributed by atoms with Crippen molar-refractivity contribution in [3.05, 3.63) is 76.5 Å². The number of carbonyl (C=O) groups is 1. The molecular formula is C31H40N4O6S. The van der Waals surface area contributed by atoms with Gasteiger partial charge in [-0.3, -0.25) is 9.69 Å². The van der Waals surface area contributed by atoms with Crippen LogP contribution in [0.3, 0.4) is 0 Å². The molecule has 1 saturated carbocycles. The van der Waals surface area contributed by atoms with E-state index >= 15 is 0 Å². The largest absolute Gasteiger partial charge is 0.497 e. The average molecular weight is 597 g/mol. The Labute approximate surface area is 247 Å². The molecule has 2 aliphatic rings. The van der Waals surface area contributed by atoms with Crippen molar-refractivity contribution in [1.29, 1.82) is 0 Å². The van der Waals surface area contributed by atoms with Crippen LogP contribution in [0.5, 0.6) is 5.75 Å². The van der Waals surface area contributed by atoms with Gasteiger partial charge in [-0.25, -0.2) is 13.4 Å². The van der Waals surface area contributed by atoms with Crippen LogP contribution in [0.1, 0.15) is 64.8 Å². The zero-order valence-corrected chi connectivity index (χ0v) is 25.5. The first-order valence-corrected chi connectivity index (χ1v) is 15.8. The summed E-state index contributed by atoms with van der Waals surface area (Å²) in [6.07, 6.45) is 4.25. The van der Waals surface area contributed by atoms with Gasteiger partial charge in [0.25, 0.3) is 5.91 Å². The summed E-state index contributed by atoms with van der Waals surface area (Å²) < 4.78 is 39.7. The Morgan fingerprint density at radius 1 is 1.19 bits per heavy atom. The van der Waals surface area contributed by atoms with Crippen molar-refractivity contribution in [3.8, 4) is 5.75 Å². The minimum absolute atomic E-state index is 0.0491. The number of sulfonamides is 1. The van der Waals surface area contributed by atoms with Gasteiger partial charge in [-0.15, -0.1) is 0 Å². The molecule has 42 heavy (non-hydrogen) atoms. The zero-order valence-electron chi connectivity index (χ0n) is 24.7. The number of carbonyl (C=O) groups excluding carboxylic acids is 1. The van der Waals surface area contributed by atoms with Crippen molar-refractivity contribution < 1.29 is 27.5 Å². The summed E-state index contributed by atoms with van der Waals surface area (Å²) in [7, 11) is -2.28. The number of oxazole rings is 1. The number of nitrogens with zero attached hydrogens (tertiary/aromatic N) is 3. The first-order valence-electron chi connectivity index (χ1n) is 14.4. The molecule has 5 rings (SSSR count). The van der Waals surface area contributed by atoms with Crippen LogP contribution in [-0.4, -0.2) is 72.0 Å². The topological polar surface area (TPSA) is 125 Å². The Hall–Kier alpha value is -3.25. The van der Waals surface area contributed by atoms with Gasteiger partial charge in [0.15, 0.2) is 5.69 Å². The normalized spacial score (nSPS) is 19.4. The van der Waals surface area contributed by atoms with Gasteiger partial charge in [-0.05, 0) is 80.8 Å². The minimum atomic E-state index is -3.83. The predicted molar refractivity (Wildman–Crippen MR) is 158 cm³/mol. The van der Waals surface area contributed by atoms with E-state index in [1.807, 2.05) is 6.92 Å². The number of aromatic nitrogens is 1. The molecule has 11 heteroatoms. The zero-order chi connectivity index (χ0) is 30.1. The summed E-state index contributed by atoms with van der Waals surface area (Å²) in [5.41, 5.74) is 3.03. The lowest BCUT2D eigenvalue weighted by atomic mass is 10.1. The molecule has 0 spiro atoms. The maximum absolute atomic E-state index is 13.7. The van der Waals surface area contributed by atoms with E-state index in [9.17, 15) is 18.3 Å². The second kappa shape index (κ2) is 12.2. The Kier molecular flexibility index (Phi) is 8.75. The lowest BCUT2D eigenvalue weighted by molar-refractivity contribution is 0.0679. The van der Waals surface area contributed by atoms with Crippen molar-refractivity contribution in [3.63, 3.8) is 0 Å². The van der Waals surface area contributed by atoms with E-state index in [-0.39, 0.29) is 35.0 Å². The fourth-order valence-corrected chi connectivity index (χ4v) is 7.65. The molecular weight excluding hydrogens is 556 g/mol. The van der Waals surface area contributed by atoms with Crippen LogP contribution in [-0.2, 0) is 29.5 Å². The Balaban J connectivity index is 1.16. The monoisotopic (exact) mass is 596 g/mol. The number of β-amino-alcohol motifs (C(OH)–C–C–N with tert-alkyl or cyclic N) is 1. The molecule has 1 atom stereocenters. The van der Waals surface area contributed by atoms with E-state index in [4.69, 9.17) is 9.15 Å². The van der Waals surface area contributed by atoms with Gasteiger partial charge in [0.1, 0.15) is 12.0 Å². The Bertz CT molecular complexity index is 1510. The standard InChI is InChI=1S/C31H40N4O6S/c1-21-15-26(40-4)16-22(2)29(21)42(38,39)35(25-9-10-25)18-28-33-27(19-41-28)30(36)32-13-11-23-5-7-24(8-6-23)17-34-14-12-31(3,37)20-34/h5-8,15-16,19,25,37H,9-14,17-18,20H2,1-4H3,(H,32,36). The van der Waals surface area contributed by atoms with E-state index in [2.05, 4.69) is 39.5 Å². The van der Waals surface area contributed by atoms with Gasteiger partial charge in [0.05, 0.1) is 24.2 Å². The highest BCUT2D eigenvalue weighted by atomic mass is 32.2. The summed E-state index contributed by atoms with van der Waals surface area (Å²) >= 11 is 0. The highest BCUT2D eigenvalue weighted by Gasteiger charge is 2.40. The van der Waals surface area contributed by atoms with Gasteiger partial charge >= 0.3 is 0 Å². The Morgan fingerprint density at radius 2 is 1.86 bits per heavy atom. The number of hydrogen-bond acceptors (Lipinski definition) is 8. The number of methoxy groups -OCH3 is 1. The number of ether oxygens (including phenoxy) is 1. The molecule has 3 aromatic rings. The molecule has 226 valence electrons. The molecule has 1 aliphatic carbocycles. The quantitative estimate of drug-likeness (QED) is 0.325. The van der Waals surface area contributed by atoms with Gasteiger partial charge < -0.3 is 19.6 Å². The molecule has 2 fully saturated rings. The van der Waals surface area contributed by atoms with Gasteiger partial charge in [0.2, 0.25) is 15.9 Å². The summed E-state index contributed by atoms with van der Waals surface area (Å²) in [6, 6.07) is 11.6. The smallest absolute Gasteiger partial charge is 0.273 e. The van der Waals surface area contributed by atoms with Crippen LogP contribution < -0.4 is 10.1 Å². The second-order valence-electron chi connectivity index (χ2n) is 11.8. The first kappa shape index (κ1) is 30.2. The van der Waals surface area contributed by atoms with Gasteiger partial charge in [-0.1, -0.05) is 24.3 Å². The minimum Gasteiger partial charge on any atom is -0.497 e. The highest BCUT2D eigenvalue weighted by molar-refractivity contribution is 7.89. The summed E-state index contributed by atoms with van der Waals surface area (Å²) in [6.45, 7) is 8.15. The molecule has 0 bridgehead atoms. The summed E-state index contributed by atoms with van der Waals surface area (Å²) in [4.78, 5) is 19.6. The number of aryl methyl sites for hydroxylation is 2. The number of hydrogen-bond donors (Lipinski definition) is 2. The molecule has 1 saturated heterocycles. The summed E-state index contributed by atoms with van der Waals surface area (Å²) in [5, 5.41) is 13.0. The van der Waals surface area contributed by atoms with Crippen LogP contribution in [0.25, 0.3) is 0 Å². The van der Waals surface area contributed by atoms with Crippen LogP contribution in [0.4, 0.5) is 0 Å². The van der Waals surface area contributed by atoms with Crippen molar-refractivity contribution >= 4 is 15.9 Å². The fraction of sp³-hybridized carbons (Fsp3) is 0.484. The van der Waals surface area contributed by atoms with Crippen LogP contribution in [0.15, 0.2) is 52.0 Å². The van der Waals surface area contributed by atoms with E-state index < -0.39 is 15.6 Å². The van der Waals surface area contributed by atoms with Crippen LogP contribution in [0, 0.1) is 13.8 Å². The van der Waals surface area contributed by atoms with E-state index in [0.717, 1.165) is 37.9 Å². The predicted octanol–water partition coefficient (Wildman–Crippen LogP) is 3.58. The molecule has 10 nitrogen and oxygen atoms in total.